The number of nitrogens with zero attached hydrogens (tertiary/aromatic N) is 3. The van der Waals surface area contributed by atoms with Crippen LogP contribution in [-0.4, -0.2) is 4.57 Å². The van der Waals surface area contributed by atoms with Crippen LogP contribution < -0.4 is 20.5 Å². The zero-order chi connectivity index (χ0) is 29.9. The van der Waals surface area contributed by atoms with Crippen molar-refractivity contribution in [1.29, 1.82) is 10.5 Å². The number of hydrogen-bond acceptors (Lipinski definition) is 5. The molecule has 0 spiro atoms. The molecule has 6 heteroatoms. The first-order chi connectivity index (χ1) is 21.6. The largest absolute Gasteiger partial charge is 0.384 e. The zero-order valence-corrected chi connectivity index (χ0v) is 24.1. The van der Waals surface area contributed by atoms with Gasteiger partial charge in [-0.05, 0) is 72.4 Å². The summed E-state index contributed by atoms with van der Waals surface area (Å²) in [5.74, 6) is -0.669. The van der Waals surface area contributed by atoms with Crippen molar-refractivity contribution in [3.8, 4) is 12.1 Å². The van der Waals surface area contributed by atoms with E-state index in [-0.39, 0.29) is 17.0 Å². The van der Waals surface area contributed by atoms with Gasteiger partial charge >= 0.3 is 0 Å². The highest BCUT2D eigenvalue weighted by atomic mass is 32.1. The molecule has 7 aromatic rings. The van der Waals surface area contributed by atoms with Crippen molar-refractivity contribution in [1.82, 2.24) is 4.57 Å². The Morgan fingerprint density at radius 1 is 0.682 bits per heavy atom. The lowest BCUT2D eigenvalue weighted by atomic mass is 9.79. The van der Waals surface area contributed by atoms with E-state index in [1.54, 1.807) is 0 Å². The summed E-state index contributed by atoms with van der Waals surface area (Å²) in [7, 11) is 0. The van der Waals surface area contributed by atoms with Gasteiger partial charge in [-0.3, -0.25) is 9.36 Å². The monoisotopic (exact) mass is 582 g/mol. The minimum atomic E-state index is -0.731. The maximum Gasteiger partial charge on any atom is 0.274 e. The number of aromatic nitrogens is 1. The minimum Gasteiger partial charge on any atom is -0.384 e. The second-order valence-corrected chi connectivity index (χ2v) is 11.9. The molecule has 1 aliphatic rings. The third-order valence-corrected chi connectivity index (χ3v) is 9.69. The molecule has 1 atom stereocenters. The SMILES string of the molecule is N#CC1=C(N)n2c(sc(=Cc3c4ccccc4cc4ccccc34)c2=O)=C(C#N)[C@@H]1c1c2ccccc2cc2ccccc12. The van der Waals surface area contributed by atoms with Crippen molar-refractivity contribution in [2.24, 2.45) is 5.73 Å². The van der Waals surface area contributed by atoms with E-state index in [0.717, 1.165) is 54.2 Å². The highest BCUT2D eigenvalue weighted by molar-refractivity contribution is 7.07. The molecule has 0 aliphatic carbocycles. The average Bonchev–Trinajstić information content (AvgIpc) is 3.38. The Morgan fingerprint density at radius 3 is 1.64 bits per heavy atom. The number of rotatable bonds is 2. The molecule has 5 nitrogen and oxygen atoms in total. The zero-order valence-electron chi connectivity index (χ0n) is 23.3. The third kappa shape index (κ3) is 3.66. The molecule has 1 aliphatic heterocycles. The molecule has 0 bridgehead atoms. The van der Waals surface area contributed by atoms with Gasteiger partial charge in [0.25, 0.3) is 5.56 Å². The molecule has 0 saturated carbocycles. The molecule has 0 fully saturated rings. The van der Waals surface area contributed by atoms with Crippen LogP contribution >= 0.6 is 11.3 Å². The predicted octanol–water partition coefficient (Wildman–Crippen LogP) is 6.47. The van der Waals surface area contributed by atoms with Crippen LogP contribution in [0.4, 0.5) is 0 Å². The van der Waals surface area contributed by atoms with Crippen molar-refractivity contribution >= 4 is 71.9 Å². The van der Waals surface area contributed by atoms with Gasteiger partial charge in [-0.15, -0.1) is 11.3 Å². The Bertz CT molecular complexity index is 2570. The fraction of sp³-hybridized carbons (Fsp3) is 0.0263. The molecular weight excluding hydrogens is 561 g/mol. The normalized spacial score (nSPS) is 15.2. The smallest absolute Gasteiger partial charge is 0.274 e. The minimum absolute atomic E-state index is 0.0622. The van der Waals surface area contributed by atoms with Gasteiger partial charge in [0.1, 0.15) is 10.5 Å². The molecule has 2 heterocycles. The van der Waals surface area contributed by atoms with Crippen LogP contribution in [0.1, 0.15) is 17.0 Å². The second kappa shape index (κ2) is 9.81. The summed E-state index contributed by atoms with van der Waals surface area (Å²) in [5, 5.41) is 29.3. The lowest BCUT2D eigenvalue weighted by molar-refractivity contribution is 0.913. The van der Waals surface area contributed by atoms with Crippen molar-refractivity contribution < 1.29 is 0 Å². The molecule has 0 unspecified atom stereocenters. The van der Waals surface area contributed by atoms with Gasteiger partial charge in [-0.2, -0.15) is 10.5 Å². The van der Waals surface area contributed by atoms with E-state index < -0.39 is 5.92 Å². The molecule has 0 saturated heterocycles. The van der Waals surface area contributed by atoms with Crippen LogP contribution in [0, 0.1) is 22.7 Å². The average molecular weight is 583 g/mol. The summed E-state index contributed by atoms with van der Waals surface area (Å²) in [5.41, 5.74) is 8.66. The molecule has 206 valence electrons. The van der Waals surface area contributed by atoms with Crippen LogP contribution in [0.3, 0.4) is 0 Å². The van der Waals surface area contributed by atoms with Crippen LogP contribution in [0.5, 0.6) is 0 Å². The highest BCUT2D eigenvalue weighted by Crippen LogP contribution is 2.43. The number of benzene rings is 6. The van der Waals surface area contributed by atoms with E-state index in [4.69, 9.17) is 5.73 Å². The van der Waals surface area contributed by atoms with Crippen molar-refractivity contribution in [2.45, 2.75) is 5.92 Å². The van der Waals surface area contributed by atoms with Crippen molar-refractivity contribution in [3.05, 3.63) is 145 Å². The lowest BCUT2D eigenvalue weighted by Crippen LogP contribution is -2.38. The molecule has 0 radical (unpaired) electrons. The van der Waals surface area contributed by atoms with Crippen LogP contribution in [0.25, 0.3) is 60.6 Å². The van der Waals surface area contributed by atoms with E-state index in [9.17, 15) is 15.3 Å². The Kier molecular flexibility index (Phi) is 5.74. The maximum atomic E-state index is 14.1. The van der Waals surface area contributed by atoms with Gasteiger partial charge in [0, 0.05) is 0 Å². The highest BCUT2D eigenvalue weighted by Gasteiger charge is 2.34. The van der Waals surface area contributed by atoms with Crippen LogP contribution in [0.2, 0.25) is 0 Å². The van der Waals surface area contributed by atoms with E-state index in [1.165, 1.54) is 15.9 Å². The Balaban J connectivity index is 1.50. The molecule has 44 heavy (non-hydrogen) atoms. The lowest BCUT2D eigenvalue weighted by Gasteiger charge is -2.25. The van der Waals surface area contributed by atoms with Gasteiger partial charge in [0.15, 0.2) is 0 Å². The summed E-state index contributed by atoms with van der Waals surface area (Å²) in [6.45, 7) is 0. The predicted molar refractivity (Wildman–Crippen MR) is 179 cm³/mol. The van der Waals surface area contributed by atoms with Crippen LogP contribution in [-0.2, 0) is 0 Å². The van der Waals surface area contributed by atoms with Crippen molar-refractivity contribution in [2.75, 3.05) is 0 Å². The van der Waals surface area contributed by atoms with Crippen LogP contribution in [0.15, 0.2) is 120 Å². The van der Waals surface area contributed by atoms with E-state index in [1.807, 2.05) is 78.9 Å². The Morgan fingerprint density at radius 2 is 1.14 bits per heavy atom. The Hall–Kier alpha value is -5.95. The molecule has 8 rings (SSSR count). The summed E-state index contributed by atoms with van der Waals surface area (Å²) in [6, 6.07) is 41.1. The summed E-state index contributed by atoms with van der Waals surface area (Å²) in [6.07, 6.45) is 1.90. The first kappa shape index (κ1) is 25.7. The fourth-order valence-corrected chi connectivity index (χ4v) is 7.75. The molecular formula is C38H22N4OS. The number of hydrogen-bond donors (Lipinski definition) is 1. The first-order valence-electron chi connectivity index (χ1n) is 14.2. The summed E-state index contributed by atoms with van der Waals surface area (Å²) >= 11 is 1.24. The molecule has 0 amide bonds. The van der Waals surface area contributed by atoms with E-state index in [0.29, 0.717) is 14.8 Å². The van der Waals surface area contributed by atoms with Gasteiger partial charge in [0.05, 0.1) is 33.7 Å². The van der Waals surface area contributed by atoms with Gasteiger partial charge in [-0.1, -0.05) is 97.1 Å². The number of thiazole rings is 1. The van der Waals surface area contributed by atoms with Gasteiger partial charge in [0.2, 0.25) is 0 Å². The Labute approximate surface area is 255 Å². The maximum absolute atomic E-state index is 14.1. The topological polar surface area (TPSA) is 95.6 Å². The number of nitriles is 2. The molecule has 1 aromatic heterocycles. The van der Waals surface area contributed by atoms with E-state index >= 15 is 0 Å². The quantitative estimate of drug-likeness (QED) is 0.236. The molecule has 2 N–H and O–H groups in total. The van der Waals surface area contributed by atoms with E-state index in [2.05, 4.69) is 48.5 Å². The third-order valence-electron chi connectivity index (χ3n) is 8.58. The van der Waals surface area contributed by atoms with Gasteiger partial charge in [-0.25, -0.2) is 0 Å². The summed E-state index contributed by atoms with van der Waals surface area (Å²) < 4.78 is 2.25. The summed E-state index contributed by atoms with van der Waals surface area (Å²) in [4.78, 5) is 14.1. The molecule has 6 aromatic carbocycles. The number of nitrogens with two attached hydrogens (primary N) is 1. The van der Waals surface area contributed by atoms with Crippen molar-refractivity contribution in [3.63, 3.8) is 0 Å². The first-order valence-corrected chi connectivity index (χ1v) is 15.0. The van der Waals surface area contributed by atoms with Gasteiger partial charge < -0.3 is 5.73 Å². The fourth-order valence-electron chi connectivity index (χ4n) is 6.64. The standard InChI is InChI=1S/C38H22N4OS/c39-20-31-35(34-28-15-7-3-11-24(28)18-25-12-4-8-16-29(25)34)32(21-40)38-42(36(31)41)37(43)33(44-38)19-30-26-13-5-1-9-22(26)17-23-10-2-6-14-27(23)30/h1-19,35H,41H2/t35-/m1/s1. The second-order valence-electron chi connectivity index (χ2n) is 10.9. The number of fused-ring (bicyclic) bond motifs is 5. The number of allylic oxidation sites excluding steroid dienone is 1.